The van der Waals surface area contributed by atoms with Gasteiger partial charge in [0.1, 0.15) is 5.82 Å². The van der Waals surface area contributed by atoms with Crippen LogP contribution in [-0.2, 0) is 6.42 Å². The first kappa shape index (κ1) is 14.3. The van der Waals surface area contributed by atoms with E-state index in [4.69, 9.17) is 23.2 Å². The molecule has 0 saturated carbocycles. The summed E-state index contributed by atoms with van der Waals surface area (Å²) >= 11 is 11.6. The second kappa shape index (κ2) is 5.91. The Morgan fingerprint density at radius 2 is 1.79 bits per heavy atom. The first-order chi connectivity index (χ1) is 8.97. The number of halogens is 3. The standard InChI is InChI=1S/C15H13Cl2FO/c1-9-6-11(3-5-12(9)16)15(19)8-10-2-4-13(17)14(18)7-10/h2-7,15,19H,8H2,1H3. The third-order valence-corrected chi connectivity index (χ3v) is 3.71. The van der Waals surface area contributed by atoms with Crippen molar-refractivity contribution in [3.8, 4) is 0 Å². The summed E-state index contributed by atoms with van der Waals surface area (Å²) in [5.74, 6) is -0.473. The average molecular weight is 299 g/mol. The van der Waals surface area contributed by atoms with Crippen LogP contribution in [0.4, 0.5) is 4.39 Å². The van der Waals surface area contributed by atoms with Crippen LogP contribution < -0.4 is 0 Å². The fourth-order valence-electron chi connectivity index (χ4n) is 1.88. The Morgan fingerprint density at radius 3 is 2.42 bits per heavy atom. The highest BCUT2D eigenvalue weighted by molar-refractivity contribution is 6.31. The average Bonchev–Trinajstić information content (AvgIpc) is 2.37. The minimum absolute atomic E-state index is 0.0839. The molecule has 1 nitrogen and oxygen atoms in total. The van der Waals surface area contributed by atoms with E-state index < -0.39 is 11.9 Å². The van der Waals surface area contributed by atoms with Gasteiger partial charge in [-0.2, -0.15) is 0 Å². The topological polar surface area (TPSA) is 20.2 Å². The number of hydrogen-bond donors (Lipinski definition) is 1. The van der Waals surface area contributed by atoms with Crippen LogP contribution in [0.3, 0.4) is 0 Å². The van der Waals surface area contributed by atoms with Crippen LogP contribution in [0.5, 0.6) is 0 Å². The van der Waals surface area contributed by atoms with E-state index in [-0.39, 0.29) is 5.02 Å². The zero-order valence-electron chi connectivity index (χ0n) is 10.3. The molecular weight excluding hydrogens is 286 g/mol. The molecule has 0 aliphatic heterocycles. The Labute approximate surface area is 121 Å². The van der Waals surface area contributed by atoms with Gasteiger partial charge in [-0.3, -0.25) is 0 Å². The largest absolute Gasteiger partial charge is 0.388 e. The molecule has 100 valence electrons. The summed E-state index contributed by atoms with van der Waals surface area (Å²) in [5, 5.41) is 10.9. The number of aliphatic hydroxyl groups is 1. The van der Waals surface area contributed by atoms with Crippen LogP contribution in [-0.4, -0.2) is 5.11 Å². The SMILES string of the molecule is Cc1cc(C(O)Cc2ccc(Cl)c(F)c2)ccc1Cl. The summed E-state index contributed by atoms with van der Waals surface area (Å²) in [5.41, 5.74) is 2.36. The van der Waals surface area contributed by atoms with Crippen molar-refractivity contribution in [2.24, 2.45) is 0 Å². The molecule has 1 unspecified atom stereocenters. The molecule has 19 heavy (non-hydrogen) atoms. The van der Waals surface area contributed by atoms with E-state index in [2.05, 4.69) is 0 Å². The van der Waals surface area contributed by atoms with Gasteiger partial charge in [-0.15, -0.1) is 0 Å². The quantitative estimate of drug-likeness (QED) is 0.869. The maximum Gasteiger partial charge on any atom is 0.142 e. The minimum atomic E-state index is -0.698. The summed E-state index contributed by atoms with van der Waals surface area (Å²) in [4.78, 5) is 0. The van der Waals surface area contributed by atoms with Crippen molar-refractivity contribution in [3.05, 3.63) is 69.0 Å². The highest BCUT2D eigenvalue weighted by Gasteiger charge is 2.11. The van der Waals surface area contributed by atoms with E-state index in [0.717, 1.165) is 11.1 Å². The van der Waals surface area contributed by atoms with Gasteiger partial charge in [0.05, 0.1) is 11.1 Å². The molecule has 2 aromatic carbocycles. The third kappa shape index (κ3) is 3.47. The van der Waals surface area contributed by atoms with Crippen molar-refractivity contribution >= 4 is 23.2 Å². The van der Waals surface area contributed by atoms with Crippen LogP contribution in [0.2, 0.25) is 10.0 Å². The fourth-order valence-corrected chi connectivity index (χ4v) is 2.12. The molecule has 0 saturated heterocycles. The maximum absolute atomic E-state index is 13.3. The van der Waals surface area contributed by atoms with Crippen molar-refractivity contribution in [3.63, 3.8) is 0 Å². The first-order valence-electron chi connectivity index (χ1n) is 5.85. The van der Waals surface area contributed by atoms with E-state index in [0.29, 0.717) is 17.0 Å². The van der Waals surface area contributed by atoms with Crippen LogP contribution in [0.25, 0.3) is 0 Å². The van der Waals surface area contributed by atoms with Crippen LogP contribution >= 0.6 is 23.2 Å². The molecule has 0 radical (unpaired) electrons. The summed E-state index contributed by atoms with van der Waals surface area (Å²) in [7, 11) is 0. The maximum atomic E-state index is 13.3. The molecule has 0 bridgehead atoms. The van der Waals surface area contributed by atoms with Crippen molar-refractivity contribution in [2.45, 2.75) is 19.4 Å². The summed E-state index contributed by atoms with van der Waals surface area (Å²) in [6.45, 7) is 1.88. The highest BCUT2D eigenvalue weighted by atomic mass is 35.5. The molecule has 0 aliphatic carbocycles. The second-order valence-corrected chi connectivity index (χ2v) is 5.29. The van der Waals surface area contributed by atoms with Gasteiger partial charge in [0, 0.05) is 11.4 Å². The summed E-state index contributed by atoms with van der Waals surface area (Å²) in [6.07, 6.45) is -0.369. The molecule has 0 aliphatic rings. The molecule has 2 aromatic rings. The number of aryl methyl sites for hydroxylation is 1. The lowest BCUT2D eigenvalue weighted by atomic mass is 10.00. The van der Waals surface area contributed by atoms with Crippen molar-refractivity contribution in [1.82, 2.24) is 0 Å². The highest BCUT2D eigenvalue weighted by Crippen LogP contribution is 2.24. The van der Waals surface area contributed by atoms with Gasteiger partial charge in [-0.1, -0.05) is 41.4 Å². The molecule has 0 heterocycles. The van der Waals surface area contributed by atoms with Crippen molar-refractivity contribution in [2.75, 3.05) is 0 Å². The molecule has 0 spiro atoms. The van der Waals surface area contributed by atoms with Gasteiger partial charge in [0.2, 0.25) is 0 Å². The van der Waals surface area contributed by atoms with Crippen molar-refractivity contribution < 1.29 is 9.50 Å². The van der Waals surface area contributed by atoms with E-state index in [9.17, 15) is 9.50 Å². The molecular formula is C15H13Cl2FO. The monoisotopic (exact) mass is 298 g/mol. The second-order valence-electron chi connectivity index (χ2n) is 4.48. The molecule has 1 atom stereocenters. The Morgan fingerprint density at radius 1 is 1.11 bits per heavy atom. The molecule has 0 aromatic heterocycles. The molecule has 4 heteroatoms. The van der Waals surface area contributed by atoms with Crippen LogP contribution in [0.15, 0.2) is 36.4 Å². The lowest BCUT2D eigenvalue weighted by molar-refractivity contribution is 0.178. The first-order valence-corrected chi connectivity index (χ1v) is 6.61. The summed E-state index contributed by atoms with van der Waals surface area (Å²) < 4.78 is 13.3. The van der Waals surface area contributed by atoms with Gasteiger partial charge < -0.3 is 5.11 Å². The smallest absolute Gasteiger partial charge is 0.142 e. The zero-order chi connectivity index (χ0) is 14.0. The van der Waals surface area contributed by atoms with Gasteiger partial charge in [-0.25, -0.2) is 4.39 Å². The molecule has 0 fully saturated rings. The minimum Gasteiger partial charge on any atom is -0.388 e. The Bertz CT molecular complexity index is 599. The fraction of sp³-hybridized carbons (Fsp3) is 0.200. The Kier molecular flexibility index (Phi) is 4.46. The number of benzene rings is 2. The van der Waals surface area contributed by atoms with Gasteiger partial charge in [-0.05, 0) is 41.8 Å². The van der Waals surface area contributed by atoms with Crippen LogP contribution in [0.1, 0.15) is 22.8 Å². The van der Waals surface area contributed by atoms with E-state index >= 15 is 0 Å². The normalized spacial score (nSPS) is 12.5. The van der Waals surface area contributed by atoms with E-state index in [1.165, 1.54) is 12.1 Å². The molecule has 1 N–H and O–H groups in total. The predicted molar refractivity (Wildman–Crippen MR) is 76.3 cm³/mol. The lowest BCUT2D eigenvalue weighted by Gasteiger charge is -2.12. The van der Waals surface area contributed by atoms with E-state index in [1.807, 2.05) is 13.0 Å². The third-order valence-electron chi connectivity index (χ3n) is 2.98. The Hall–Kier alpha value is -1.09. The van der Waals surface area contributed by atoms with Gasteiger partial charge in [0.15, 0.2) is 0 Å². The van der Waals surface area contributed by atoms with Gasteiger partial charge in [0.25, 0.3) is 0 Å². The van der Waals surface area contributed by atoms with E-state index in [1.54, 1.807) is 18.2 Å². The number of rotatable bonds is 3. The zero-order valence-corrected chi connectivity index (χ0v) is 11.8. The molecule has 0 amide bonds. The van der Waals surface area contributed by atoms with Crippen molar-refractivity contribution in [1.29, 1.82) is 0 Å². The molecule has 2 rings (SSSR count). The predicted octanol–water partition coefficient (Wildman–Crippen LogP) is 4.72. The van der Waals surface area contributed by atoms with Gasteiger partial charge >= 0.3 is 0 Å². The Balaban J connectivity index is 2.17. The lowest BCUT2D eigenvalue weighted by Crippen LogP contribution is -2.02. The number of aliphatic hydroxyl groups excluding tert-OH is 1. The summed E-state index contributed by atoms with van der Waals surface area (Å²) in [6, 6.07) is 9.89. The van der Waals surface area contributed by atoms with Crippen LogP contribution in [0, 0.1) is 12.7 Å². The number of hydrogen-bond acceptors (Lipinski definition) is 1.